The van der Waals surface area contributed by atoms with Crippen molar-refractivity contribution in [3.8, 4) is 11.5 Å². The van der Waals surface area contributed by atoms with E-state index in [0.717, 1.165) is 6.08 Å². The van der Waals surface area contributed by atoms with E-state index in [2.05, 4.69) is 6.58 Å². The number of rotatable bonds is 2. The van der Waals surface area contributed by atoms with Crippen molar-refractivity contribution in [2.75, 3.05) is 0 Å². The van der Waals surface area contributed by atoms with Crippen LogP contribution < -0.4 is 4.74 Å². The first-order valence-electron chi connectivity index (χ1n) is 3.35. The summed E-state index contributed by atoms with van der Waals surface area (Å²) in [6.45, 7) is 3.25. The summed E-state index contributed by atoms with van der Waals surface area (Å²) in [6, 6.07) is 5.87. The first kappa shape index (κ1) is 8.33. The molecule has 62 valence electrons. The van der Waals surface area contributed by atoms with Crippen LogP contribution in [0.3, 0.4) is 0 Å². The van der Waals surface area contributed by atoms with Crippen LogP contribution in [0, 0.1) is 0 Å². The molecule has 1 aromatic carbocycles. The third-order valence-corrected chi connectivity index (χ3v) is 1.22. The molecule has 0 heterocycles. The standard InChI is InChI=1S/C9H8O3/c1-2-9(11)12-8-5-3-7(10)4-6-8/h2-6,10H,1H2. The van der Waals surface area contributed by atoms with Gasteiger partial charge in [-0.2, -0.15) is 0 Å². The molecule has 0 aromatic heterocycles. The van der Waals surface area contributed by atoms with Gasteiger partial charge in [-0.3, -0.25) is 0 Å². The number of carbonyl (C=O) groups is 1. The van der Waals surface area contributed by atoms with Crippen LogP contribution in [0.4, 0.5) is 0 Å². The van der Waals surface area contributed by atoms with E-state index in [1.54, 1.807) is 0 Å². The zero-order valence-corrected chi connectivity index (χ0v) is 6.36. The summed E-state index contributed by atoms with van der Waals surface area (Å²) in [7, 11) is 0. The molecule has 3 heteroatoms. The van der Waals surface area contributed by atoms with Crippen molar-refractivity contribution in [2.24, 2.45) is 0 Å². The Morgan fingerprint density at radius 2 is 2.00 bits per heavy atom. The summed E-state index contributed by atoms with van der Waals surface area (Å²) < 4.78 is 4.75. The molecule has 12 heavy (non-hydrogen) atoms. The van der Waals surface area contributed by atoms with Crippen LogP contribution in [0.25, 0.3) is 0 Å². The number of hydrogen-bond acceptors (Lipinski definition) is 3. The van der Waals surface area contributed by atoms with E-state index in [4.69, 9.17) is 9.84 Å². The van der Waals surface area contributed by atoms with Gasteiger partial charge in [-0.05, 0) is 24.3 Å². The van der Waals surface area contributed by atoms with Crippen LogP contribution in [-0.2, 0) is 4.79 Å². The minimum Gasteiger partial charge on any atom is -0.508 e. The average molecular weight is 164 g/mol. The van der Waals surface area contributed by atoms with Crippen LogP contribution in [0.5, 0.6) is 11.5 Å². The number of benzene rings is 1. The van der Waals surface area contributed by atoms with Crippen LogP contribution in [-0.4, -0.2) is 11.1 Å². The van der Waals surface area contributed by atoms with Gasteiger partial charge in [0, 0.05) is 6.08 Å². The van der Waals surface area contributed by atoms with Crippen molar-refractivity contribution in [3.63, 3.8) is 0 Å². The Morgan fingerprint density at radius 1 is 1.42 bits per heavy atom. The molecule has 0 spiro atoms. The van der Waals surface area contributed by atoms with Gasteiger partial charge in [0.1, 0.15) is 11.5 Å². The first-order valence-corrected chi connectivity index (χ1v) is 3.35. The maximum atomic E-state index is 10.7. The molecule has 0 fully saturated rings. The highest BCUT2D eigenvalue weighted by Gasteiger charge is 1.97. The molecule has 0 bridgehead atoms. The second-order valence-corrected chi connectivity index (χ2v) is 2.12. The van der Waals surface area contributed by atoms with Crippen LogP contribution in [0.15, 0.2) is 36.9 Å². The summed E-state index contributed by atoms with van der Waals surface area (Å²) in [5, 5.41) is 8.89. The molecule has 0 aliphatic rings. The predicted molar refractivity (Wildman–Crippen MR) is 43.9 cm³/mol. The quantitative estimate of drug-likeness (QED) is 0.409. The van der Waals surface area contributed by atoms with Gasteiger partial charge in [0.15, 0.2) is 0 Å². The summed E-state index contributed by atoms with van der Waals surface area (Å²) in [5.41, 5.74) is 0. The molecule has 3 nitrogen and oxygen atoms in total. The van der Waals surface area contributed by atoms with E-state index in [9.17, 15) is 4.79 Å². The molecule has 1 aromatic rings. The Bertz CT molecular complexity index is 287. The van der Waals surface area contributed by atoms with Crippen LogP contribution in [0.2, 0.25) is 0 Å². The van der Waals surface area contributed by atoms with E-state index < -0.39 is 5.97 Å². The summed E-state index contributed by atoms with van der Waals surface area (Å²) in [5.74, 6) is 0.00629. The number of ether oxygens (including phenoxy) is 1. The number of aromatic hydroxyl groups is 1. The van der Waals surface area contributed by atoms with Gasteiger partial charge in [0.2, 0.25) is 0 Å². The number of carbonyl (C=O) groups excluding carboxylic acids is 1. The molecular formula is C9H8O3. The Balaban J connectivity index is 2.71. The second kappa shape index (κ2) is 3.57. The first-order chi connectivity index (χ1) is 5.72. The largest absolute Gasteiger partial charge is 0.508 e. The highest BCUT2D eigenvalue weighted by atomic mass is 16.5. The Morgan fingerprint density at radius 3 is 2.50 bits per heavy atom. The minimum atomic E-state index is -0.513. The molecule has 0 aliphatic heterocycles. The molecular weight excluding hydrogens is 156 g/mol. The van der Waals surface area contributed by atoms with Gasteiger partial charge in [0.25, 0.3) is 0 Å². The Kier molecular flexibility index (Phi) is 2.48. The molecule has 0 atom stereocenters. The van der Waals surface area contributed by atoms with Crippen LogP contribution in [0.1, 0.15) is 0 Å². The van der Waals surface area contributed by atoms with Crippen molar-refractivity contribution in [3.05, 3.63) is 36.9 Å². The summed E-state index contributed by atoms with van der Waals surface area (Å²) in [4.78, 5) is 10.7. The molecule has 0 radical (unpaired) electrons. The van der Waals surface area contributed by atoms with Gasteiger partial charge in [-0.25, -0.2) is 4.79 Å². The lowest BCUT2D eigenvalue weighted by Gasteiger charge is -1.99. The number of hydrogen-bond donors (Lipinski definition) is 1. The van der Waals surface area contributed by atoms with E-state index in [-0.39, 0.29) is 5.75 Å². The maximum absolute atomic E-state index is 10.7. The normalized spacial score (nSPS) is 9.00. The molecule has 0 saturated heterocycles. The SMILES string of the molecule is C=CC(=O)Oc1ccc(O)cc1. The van der Waals surface area contributed by atoms with E-state index in [1.165, 1.54) is 24.3 Å². The fourth-order valence-corrected chi connectivity index (χ4v) is 0.672. The van der Waals surface area contributed by atoms with E-state index in [0.29, 0.717) is 5.75 Å². The zero-order chi connectivity index (χ0) is 8.97. The lowest BCUT2D eigenvalue weighted by molar-refractivity contribution is -0.128. The van der Waals surface area contributed by atoms with Gasteiger partial charge in [0.05, 0.1) is 0 Å². The molecule has 0 aliphatic carbocycles. The Labute approximate surface area is 69.9 Å². The van der Waals surface area contributed by atoms with Gasteiger partial charge in [-0.15, -0.1) is 0 Å². The maximum Gasteiger partial charge on any atom is 0.335 e. The smallest absolute Gasteiger partial charge is 0.335 e. The summed E-state index contributed by atoms with van der Waals surface area (Å²) >= 11 is 0. The fraction of sp³-hybridized carbons (Fsp3) is 0. The lowest BCUT2D eigenvalue weighted by Crippen LogP contribution is -2.02. The highest BCUT2D eigenvalue weighted by Crippen LogP contribution is 2.15. The topological polar surface area (TPSA) is 46.5 Å². The second-order valence-electron chi connectivity index (χ2n) is 2.12. The van der Waals surface area contributed by atoms with E-state index >= 15 is 0 Å². The number of phenolic OH excluding ortho intramolecular Hbond substituents is 1. The third-order valence-electron chi connectivity index (χ3n) is 1.22. The van der Waals surface area contributed by atoms with Crippen molar-refractivity contribution in [1.29, 1.82) is 0 Å². The van der Waals surface area contributed by atoms with Crippen LogP contribution >= 0.6 is 0 Å². The van der Waals surface area contributed by atoms with Crippen molar-refractivity contribution in [1.82, 2.24) is 0 Å². The van der Waals surface area contributed by atoms with Crippen molar-refractivity contribution in [2.45, 2.75) is 0 Å². The third kappa shape index (κ3) is 2.12. The minimum absolute atomic E-state index is 0.133. The molecule has 0 saturated carbocycles. The molecule has 1 N–H and O–H groups in total. The summed E-state index contributed by atoms with van der Waals surface area (Å²) in [6.07, 6.45) is 1.08. The van der Waals surface area contributed by atoms with Crippen molar-refractivity contribution < 1.29 is 14.6 Å². The Hall–Kier alpha value is -1.77. The fourth-order valence-electron chi connectivity index (χ4n) is 0.672. The highest BCUT2D eigenvalue weighted by molar-refractivity contribution is 5.83. The van der Waals surface area contributed by atoms with Gasteiger partial charge >= 0.3 is 5.97 Å². The zero-order valence-electron chi connectivity index (χ0n) is 6.36. The van der Waals surface area contributed by atoms with E-state index in [1.807, 2.05) is 0 Å². The lowest BCUT2D eigenvalue weighted by atomic mass is 10.3. The monoisotopic (exact) mass is 164 g/mol. The predicted octanol–water partition coefficient (Wildman–Crippen LogP) is 1.48. The number of esters is 1. The van der Waals surface area contributed by atoms with Crippen molar-refractivity contribution >= 4 is 5.97 Å². The van der Waals surface area contributed by atoms with Gasteiger partial charge < -0.3 is 9.84 Å². The van der Waals surface area contributed by atoms with Gasteiger partial charge in [-0.1, -0.05) is 6.58 Å². The number of phenols is 1. The molecule has 0 amide bonds. The molecule has 1 rings (SSSR count). The average Bonchev–Trinajstić information content (AvgIpc) is 2.09. The molecule has 0 unspecified atom stereocenters.